The van der Waals surface area contributed by atoms with E-state index >= 15 is 0 Å². The fraction of sp³-hybridized carbons (Fsp3) is 0.375. The van der Waals surface area contributed by atoms with E-state index in [-0.39, 0.29) is 16.7 Å². The number of fused-ring (bicyclic) bond motifs is 3. The average Bonchev–Trinajstić information content (AvgIpc) is 3.30. The van der Waals surface area contributed by atoms with E-state index in [1.54, 1.807) is 24.1 Å². The van der Waals surface area contributed by atoms with Crippen molar-refractivity contribution in [3.8, 4) is 5.75 Å². The Kier molecular flexibility index (Phi) is 8.93. The second-order valence-electron chi connectivity index (χ2n) is 10.9. The van der Waals surface area contributed by atoms with Crippen LogP contribution in [0.4, 0.5) is 10.5 Å². The maximum absolute atomic E-state index is 13.0. The highest BCUT2D eigenvalue weighted by atomic mass is 16.7. The summed E-state index contributed by atoms with van der Waals surface area (Å²) in [5.41, 5.74) is 4.71. The summed E-state index contributed by atoms with van der Waals surface area (Å²) in [6, 6.07) is 16.5. The molecule has 226 valence electrons. The number of hydrogen-bond donors (Lipinski definition) is 0. The predicted molar refractivity (Wildman–Crippen MR) is 166 cm³/mol. The van der Waals surface area contributed by atoms with Gasteiger partial charge in [0.1, 0.15) is 17.6 Å². The van der Waals surface area contributed by atoms with E-state index in [1.807, 2.05) is 64.2 Å². The van der Waals surface area contributed by atoms with Crippen molar-refractivity contribution in [3.05, 3.63) is 81.4 Å². The van der Waals surface area contributed by atoms with Crippen LogP contribution < -0.4 is 4.74 Å². The summed E-state index contributed by atoms with van der Waals surface area (Å²) < 4.78 is 13.3. The second kappa shape index (κ2) is 12.8. The fourth-order valence-corrected chi connectivity index (χ4v) is 5.56. The average molecular weight is 588 g/mol. The van der Waals surface area contributed by atoms with Crippen molar-refractivity contribution in [1.82, 2.24) is 14.4 Å². The molecule has 0 spiro atoms. The minimum absolute atomic E-state index is 0.0252. The predicted octanol–water partition coefficient (Wildman–Crippen LogP) is 5.58. The number of benzene rings is 3. The van der Waals surface area contributed by atoms with Gasteiger partial charge in [-0.25, -0.2) is 4.79 Å². The number of non-ortho nitro benzene ring substituents is 1. The number of ether oxygens (including phenoxy) is 2. The third-order valence-corrected chi connectivity index (χ3v) is 7.82. The van der Waals surface area contributed by atoms with E-state index in [1.165, 1.54) is 6.07 Å². The number of methoxy groups -OCH3 is 1. The lowest BCUT2D eigenvalue weighted by molar-refractivity contribution is -0.384. The van der Waals surface area contributed by atoms with Crippen molar-refractivity contribution in [1.29, 1.82) is 0 Å². The Labute approximate surface area is 250 Å². The summed E-state index contributed by atoms with van der Waals surface area (Å²) in [4.78, 5) is 33.6. The Balaban J connectivity index is 1.59. The molecular weight excluding hydrogens is 550 g/mol. The molecule has 0 aliphatic carbocycles. The first-order valence-electron chi connectivity index (χ1n) is 14.4. The molecule has 1 atom stereocenters. The number of nitro benzene ring substituents is 1. The van der Waals surface area contributed by atoms with Crippen LogP contribution in [0.1, 0.15) is 30.5 Å². The van der Waals surface area contributed by atoms with Crippen molar-refractivity contribution in [2.24, 2.45) is 5.16 Å². The van der Waals surface area contributed by atoms with E-state index in [0.717, 1.165) is 46.0 Å². The van der Waals surface area contributed by atoms with Gasteiger partial charge < -0.3 is 23.8 Å². The van der Waals surface area contributed by atoms with Gasteiger partial charge in [0.2, 0.25) is 0 Å². The Morgan fingerprint density at radius 3 is 2.37 bits per heavy atom. The number of oxime groups is 1. The summed E-state index contributed by atoms with van der Waals surface area (Å²) in [6.45, 7) is 9.73. The van der Waals surface area contributed by atoms with Crippen LogP contribution in [-0.2, 0) is 16.1 Å². The van der Waals surface area contributed by atoms with E-state index in [0.29, 0.717) is 43.3 Å². The van der Waals surface area contributed by atoms with Crippen LogP contribution in [0, 0.1) is 17.0 Å². The number of rotatable bonds is 9. The lowest BCUT2D eigenvalue weighted by atomic mass is 9.96. The molecule has 5 rings (SSSR count). The van der Waals surface area contributed by atoms with Gasteiger partial charge in [0.05, 0.1) is 11.5 Å². The molecule has 1 aromatic heterocycles. The smallest absolute Gasteiger partial charge is 0.436 e. The number of aromatic nitrogens is 1. The molecule has 0 bridgehead atoms. The monoisotopic (exact) mass is 587 g/mol. The highest BCUT2D eigenvalue weighted by molar-refractivity contribution is 6.17. The van der Waals surface area contributed by atoms with Crippen molar-refractivity contribution in [2.75, 3.05) is 46.9 Å². The molecule has 0 saturated carbocycles. The summed E-state index contributed by atoms with van der Waals surface area (Å²) in [6.07, 6.45) is -0.633. The normalized spacial score (nSPS) is 15.2. The van der Waals surface area contributed by atoms with Crippen molar-refractivity contribution < 1.29 is 24.0 Å². The third kappa shape index (κ3) is 6.32. The largest absolute Gasteiger partial charge is 0.488 e. The number of carbonyl (C=O) groups is 1. The van der Waals surface area contributed by atoms with E-state index in [4.69, 9.17) is 14.3 Å². The van der Waals surface area contributed by atoms with Crippen LogP contribution in [0.5, 0.6) is 5.75 Å². The molecule has 11 nitrogen and oxygen atoms in total. The number of amides is 1. The highest BCUT2D eigenvalue weighted by Crippen LogP contribution is 2.33. The van der Waals surface area contributed by atoms with E-state index in [9.17, 15) is 14.9 Å². The van der Waals surface area contributed by atoms with Crippen LogP contribution in [0.15, 0.2) is 59.8 Å². The highest BCUT2D eigenvalue weighted by Gasteiger charge is 2.22. The molecule has 2 heterocycles. The zero-order chi connectivity index (χ0) is 30.7. The molecule has 0 N–H and O–H groups in total. The van der Waals surface area contributed by atoms with Crippen LogP contribution in [-0.4, -0.2) is 84.1 Å². The van der Waals surface area contributed by atoms with Gasteiger partial charge in [-0.05, 0) is 69.8 Å². The Hall–Kier alpha value is -4.48. The van der Waals surface area contributed by atoms with Crippen LogP contribution in [0.25, 0.3) is 21.8 Å². The molecule has 1 fully saturated rings. The van der Waals surface area contributed by atoms with Gasteiger partial charge in [-0.3, -0.25) is 15.0 Å². The number of piperazine rings is 1. The lowest BCUT2D eigenvalue weighted by Crippen LogP contribution is -2.47. The lowest BCUT2D eigenvalue weighted by Gasteiger charge is -2.30. The molecular formula is C32H37N5O6. The van der Waals surface area contributed by atoms with Gasteiger partial charge in [-0.1, -0.05) is 11.2 Å². The minimum atomic E-state index is -0.504. The van der Waals surface area contributed by atoms with Crippen molar-refractivity contribution >= 4 is 39.3 Å². The molecule has 43 heavy (non-hydrogen) atoms. The SMILES string of the molecule is CCn1c2ccc(/C(=N/OC(=O)N3CCN(C)CC3)c3ccc(OC(C)COC)cc3C)cc2c2cc([N+](=O)[O-])ccc21. The molecule has 11 heteroatoms. The van der Waals surface area contributed by atoms with Crippen LogP contribution in [0.2, 0.25) is 0 Å². The van der Waals surface area contributed by atoms with Crippen LogP contribution in [0.3, 0.4) is 0 Å². The van der Waals surface area contributed by atoms with E-state index in [2.05, 4.69) is 14.6 Å². The zero-order valence-corrected chi connectivity index (χ0v) is 25.2. The quantitative estimate of drug-likeness (QED) is 0.109. The van der Waals surface area contributed by atoms with Crippen LogP contribution >= 0.6 is 0 Å². The molecule has 1 amide bonds. The summed E-state index contributed by atoms with van der Waals surface area (Å²) >= 11 is 0. The zero-order valence-electron chi connectivity index (χ0n) is 25.2. The number of likely N-dealkylation sites (N-methyl/N-ethyl adjacent to an activating group) is 1. The summed E-state index contributed by atoms with van der Waals surface area (Å²) in [5.74, 6) is 0.688. The first-order chi connectivity index (χ1) is 20.7. The van der Waals surface area contributed by atoms with Gasteiger partial charge in [0.25, 0.3) is 5.69 Å². The first-order valence-corrected chi connectivity index (χ1v) is 14.4. The Morgan fingerprint density at radius 2 is 1.72 bits per heavy atom. The van der Waals surface area contributed by atoms with Gasteiger partial charge in [-0.2, -0.15) is 0 Å². The molecule has 1 aliphatic rings. The molecule has 1 saturated heterocycles. The molecule has 0 radical (unpaired) electrons. The number of aryl methyl sites for hydroxylation is 2. The second-order valence-corrected chi connectivity index (χ2v) is 10.9. The fourth-order valence-electron chi connectivity index (χ4n) is 5.56. The molecule has 1 aliphatic heterocycles. The Morgan fingerprint density at radius 1 is 1.02 bits per heavy atom. The van der Waals surface area contributed by atoms with Gasteiger partial charge in [0.15, 0.2) is 0 Å². The first kappa shape index (κ1) is 30.0. The molecule has 4 aromatic rings. The third-order valence-electron chi connectivity index (χ3n) is 7.82. The Bertz CT molecular complexity index is 1690. The van der Waals surface area contributed by atoms with Crippen molar-refractivity contribution in [3.63, 3.8) is 0 Å². The molecule has 3 aromatic carbocycles. The number of carbonyl (C=O) groups excluding carboxylic acids is 1. The topological polar surface area (TPSA) is 112 Å². The van der Waals surface area contributed by atoms with Gasteiger partial charge in [0, 0.05) is 84.9 Å². The minimum Gasteiger partial charge on any atom is -0.488 e. The maximum Gasteiger partial charge on any atom is 0.436 e. The van der Waals surface area contributed by atoms with E-state index < -0.39 is 6.09 Å². The van der Waals surface area contributed by atoms with Gasteiger partial charge >= 0.3 is 6.09 Å². The number of hydrogen-bond acceptors (Lipinski definition) is 8. The number of nitro groups is 1. The van der Waals surface area contributed by atoms with Crippen molar-refractivity contribution in [2.45, 2.75) is 33.4 Å². The summed E-state index contributed by atoms with van der Waals surface area (Å²) in [5, 5.41) is 17.6. The summed E-state index contributed by atoms with van der Waals surface area (Å²) in [7, 11) is 3.65. The maximum atomic E-state index is 13.0. The van der Waals surface area contributed by atoms with Gasteiger partial charge in [-0.15, -0.1) is 0 Å². The standard InChI is InChI=1S/C32H37N5O6/c1-6-36-29-11-7-23(18-27(29)28-19-24(37(39)40)8-12-30(28)36)31(33-43-32(38)35-15-13-34(4)14-16-35)26-10-9-25(17-21(26)2)42-22(3)20-41-5/h7-12,17-19,22H,6,13-16,20H2,1-5H3/b33-31-. The number of nitrogens with zero attached hydrogens (tertiary/aromatic N) is 5. The molecule has 1 unspecified atom stereocenters.